The number of benzene rings is 1. The molecular formula is C21H22N2O5S. The van der Waals surface area contributed by atoms with Gasteiger partial charge >= 0.3 is 5.97 Å². The molecule has 1 atom stereocenters. The van der Waals surface area contributed by atoms with Gasteiger partial charge in [0.2, 0.25) is 5.91 Å². The summed E-state index contributed by atoms with van der Waals surface area (Å²) in [4.78, 5) is 36.3. The van der Waals surface area contributed by atoms with Crippen molar-refractivity contribution < 1.29 is 19.2 Å². The van der Waals surface area contributed by atoms with Gasteiger partial charge in [-0.1, -0.05) is 6.92 Å². The third-order valence-electron chi connectivity index (χ3n) is 4.76. The standard InChI is InChI=1S/C21H22N2O5S/c1-3-28-21(25)19-16-10-4-13(2)12-17(16)29-20(19)22-18(24)11-7-14-5-8-15(9-6-14)23(26)27/h5-9,11,13H,3-4,10,12H2,1-2H3,(H,22,24). The summed E-state index contributed by atoms with van der Waals surface area (Å²) < 4.78 is 5.20. The van der Waals surface area contributed by atoms with Gasteiger partial charge in [0.25, 0.3) is 5.69 Å². The Morgan fingerprint density at radius 1 is 1.34 bits per heavy atom. The number of hydrogen-bond donors (Lipinski definition) is 1. The monoisotopic (exact) mass is 414 g/mol. The maximum absolute atomic E-state index is 12.5. The maximum atomic E-state index is 12.5. The van der Waals surface area contributed by atoms with E-state index in [1.165, 1.54) is 29.5 Å². The second kappa shape index (κ2) is 9.00. The number of anilines is 1. The van der Waals surface area contributed by atoms with Crippen LogP contribution in [0.5, 0.6) is 0 Å². The molecule has 0 saturated heterocycles. The molecule has 0 fully saturated rings. The zero-order valence-electron chi connectivity index (χ0n) is 16.3. The van der Waals surface area contributed by atoms with Crippen LogP contribution in [0.15, 0.2) is 30.3 Å². The lowest BCUT2D eigenvalue weighted by atomic mass is 9.88. The Morgan fingerprint density at radius 3 is 2.72 bits per heavy atom. The van der Waals surface area contributed by atoms with Crippen molar-refractivity contribution in [3.63, 3.8) is 0 Å². The first kappa shape index (κ1) is 20.7. The van der Waals surface area contributed by atoms with Crippen LogP contribution in [0, 0.1) is 16.0 Å². The van der Waals surface area contributed by atoms with Gasteiger partial charge < -0.3 is 10.1 Å². The minimum absolute atomic E-state index is 0.0101. The number of ether oxygens (including phenoxy) is 1. The summed E-state index contributed by atoms with van der Waals surface area (Å²) in [5.41, 5.74) is 2.11. The second-order valence-corrected chi connectivity index (χ2v) is 8.05. The normalized spacial score (nSPS) is 15.7. The van der Waals surface area contributed by atoms with Crippen LogP contribution in [0.4, 0.5) is 10.7 Å². The average molecular weight is 414 g/mol. The third-order valence-corrected chi connectivity index (χ3v) is 5.93. The molecule has 1 N–H and O–H groups in total. The molecule has 1 aromatic heterocycles. The summed E-state index contributed by atoms with van der Waals surface area (Å²) in [6.07, 6.45) is 5.61. The molecule has 1 unspecified atom stereocenters. The number of non-ortho nitro benzene ring substituents is 1. The van der Waals surface area contributed by atoms with E-state index in [2.05, 4.69) is 12.2 Å². The van der Waals surface area contributed by atoms with Crippen molar-refractivity contribution in [2.45, 2.75) is 33.1 Å². The summed E-state index contributed by atoms with van der Waals surface area (Å²) in [5, 5.41) is 14.0. The number of nitrogens with one attached hydrogen (secondary N) is 1. The van der Waals surface area contributed by atoms with Gasteiger partial charge in [-0.05, 0) is 61.4 Å². The Bertz CT molecular complexity index is 962. The number of nitrogens with zero attached hydrogens (tertiary/aromatic N) is 1. The van der Waals surface area contributed by atoms with E-state index in [9.17, 15) is 19.7 Å². The molecule has 29 heavy (non-hydrogen) atoms. The van der Waals surface area contributed by atoms with Crippen LogP contribution in [-0.4, -0.2) is 23.4 Å². The molecule has 3 rings (SSSR count). The van der Waals surface area contributed by atoms with Gasteiger partial charge in [-0.3, -0.25) is 14.9 Å². The predicted molar refractivity (Wildman–Crippen MR) is 112 cm³/mol. The van der Waals surface area contributed by atoms with Crippen molar-refractivity contribution >= 4 is 40.0 Å². The number of hydrogen-bond acceptors (Lipinski definition) is 6. The highest BCUT2D eigenvalue weighted by atomic mass is 32.1. The fraction of sp³-hybridized carbons (Fsp3) is 0.333. The molecular weight excluding hydrogens is 392 g/mol. The maximum Gasteiger partial charge on any atom is 0.341 e. The zero-order valence-corrected chi connectivity index (χ0v) is 17.1. The van der Waals surface area contributed by atoms with Crippen molar-refractivity contribution in [1.82, 2.24) is 0 Å². The molecule has 1 amide bonds. The predicted octanol–water partition coefficient (Wildman–Crippen LogP) is 4.61. The van der Waals surface area contributed by atoms with Gasteiger partial charge in [0.15, 0.2) is 0 Å². The van der Waals surface area contributed by atoms with Crippen molar-refractivity contribution in [3.05, 3.63) is 62.0 Å². The molecule has 0 saturated carbocycles. The number of esters is 1. The molecule has 7 nitrogen and oxygen atoms in total. The quantitative estimate of drug-likeness (QED) is 0.322. The Hall–Kier alpha value is -3.00. The van der Waals surface area contributed by atoms with Gasteiger partial charge in [-0.25, -0.2) is 4.79 Å². The van der Waals surface area contributed by atoms with E-state index in [0.717, 1.165) is 29.7 Å². The highest BCUT2D eigenvalue weighted by molar-refractivity contribution is 7.17. The first-order valence-corrected chi connectivity index (χ1v) is 10.3. The minimum Gasteiger partial charge on any atom is -0.462 e. The van der Waals surface area contributed by atoms with E-state index in [-0.39, 0.29) is 18.2 Å². The topological polar surface area (TPSA) is 98.5 Å². The largest absolute Gasteiger partial charge is 0.462 e. The molecule has 0 spiro atoms. The van der Waals surface area contributed by atoms with E-state index < -0.39 is 10.9 Å². The number of carbonyl (C=O) groups excluding carboxylic acids is 2. The first-order valence-electron chi connectivity index (χ1n) is 9.44. The molecule has 1 heterocycles. The summed E-state index contributed by atoms with van der Waals surface area (Å²) in [6.45, 7) is 4.20. The molecule has 0 radical (unpaired) electrons. The summed E-state index contributed by atoms with van der Waals surface area (Å²) in [7, 11) is 0. The zero-order chi connectivity index (χ0) is 21.0. The number of fused-ring (bicyclic) bond motifs is 1. The van der Waals surface area contributed by atoms with Gasteiger partial charge in [-0.15, -0.1) is 11.3 Å². The number of rotatable bonds is 6. The summed E-state index contributed by atoms with van der Waals surface area (Å²) in [5.74, 6) is -0.239. The number of amides is 1. The van der Waals surface area contributed by atoms with E-state index in [1.807, 2.05) is 0 Å². The van der Waals surface area contributed by atoms with Crippen molar-refractivity contribution in [2.75, 3.05) is 11.9 Å². The van der Waals surface area contributed by atoms with E-state index in [4.69, 9.17) is 4.74 Å². The van der Waals surface area contributed by atoms with Crippen LogP contribution in [0.3, 0.4) is 0 Å². The van der Waals surface area contributed by atoms with E-state index >= 15 is 0 Å². The van der Waals surface area contributed by atoms with Gasteiger partial charge in [-0.2, -0.15) is 0 Å². The van der Waals surface area contributed by atoms with Gasteiger partial charge in [0, 0.05) is 23.1 Å². The molecule has 0 aliphatic heterocycles. The Labute approximate surface area is 172 Å². The SMILES string of the molecule is CCOC(=O)c1c(NC(=O)C=Cc2ccc([N+](=O)[O-])cc2)sc2c1CCC(C)C2. The molecule has 152 valence electrons. The number of nitro benzene ring substituents is 1. The molecule has 1 aliphatic carbocycles. The first-order chi connectivity index (χ1) is 13.9. The Balaban J connectivity index is 1.78. The van der Waals surface area contributed by atoms with E-state index in [0.29, 0.717) is 22.0 Å². The second-order valence-electron chi connectivity index (χ2n) is 6.95. The van der Waals surface area contributed by atoms with E-state index in [1.54, 1.807) is 25.1 Å². The van der Waals surface area contributed by atoms with Crippen molar-refractivity contribution in [1.29, 1.82) is 0 Å². The van der Waals surface area contributed by atoms with Crippen molar-refractivity contribution in [2.24, 2.45) is 5.92 Å². The Kier molecular flexibility index (Phi) is 6.43. The lowest BCUT2D eigenvalue weighted by Crippen LogP contribution is -2.15. The average Bonchev–Trinajstić information content (AvgIpc) is 3.03. The van der Waals surface area contributed by atoms with Gasteiger partial charge in [0.1, 0.15) is 5.00 Å². The smallest absolute Gasteiger partial charge is 0.341 e. The lowest BCUT2D eigenvalue weighted by molar-refractivity contribution is -0.384. The molecule has 8 heteroatoms. The fourth-order valence-corrected chi connectivity index (χ4v) is 4.69. The van der Waals surface area contributed by atoms with Gasteiger partial charge in [0.05, 0.1) is 17.1 Å². The number of nitro groups is 1. The molecule has 2 aromatic rings. The lowest BCUT2D eigenvalue weighted by Gasteiger charge is -2.18. The molecule has 1 aliphatic rings. The van der Waals surface area contributed by atoms with Crippen LogP contribution >= 0.6 is 11.3 Å². The third kappa shape index (κ3) is 4.89. The van der Waals surface area contributed by atoms with Crippen LogP contribution in [0.25, 0.3) is 6.08 Å². The fourth-order valence-electron chi connectivity index (χ4n) is 3.29. The van der Waals surface area contributed by atoms with Crippen LogP contribution < -0.4 is 5.32 Å². The molecule has 0 bridgehead atoms. The van der Waals surface area contributed by atoms with Crippen LogP contribution in [0.2, 0.25) is 0 Å². The van der Waals surface area contributed by atoms with Crippen molar-refractivity contribution in [3.8, 4) is 0 Å². The molecule has 1 aromatic carbocycles. The van der Waals surface area contributed by atoms with Crippen LogP contribution in [0.1, 0.15) is 46.6 Å². The summed E-state index contributed by atoms with van der Waals surface area (Å²) >= 11 is 1.43. The minimum atomic E-state index is -0.476. The highest BCUT2D eigenvalue weighted by Crippen LogP contribution is 2.40. The number of thiophene rings is 1. The highest BCUT2D eigenvalue weighted by Gasteiger charge is 2.28. The number of carbonyl (C=O) groups is 2. The van der Waals surface area contributed by atoms with Crippen LogP contribution in [-0.2, 0) is 22.4 Å². The Morgan fingerprint density at radius 2 is 2.07 bits per heavy atom. The summed E-state index contributed by atoms with van der Waals surface area (Å²) in [6, 6.07) is 5.89.